The Kier molecular flexibility index (Phi) is 4.44. The molecule has 1 atom stereocenters. The Morgan fingerprint density at radius 2 is 1.89 bits per heavy atom. The van der Waals surface area contributed by atoms with Crippen LogP contribution in [0.4, 0.5) is 0 Å². The van der Waals surface area contributed by atoms with Crippen molar-refractivity contribution >= 4 is 0 Å². The van der Waals surface area contributed by atoms with Gasteiger partial charge >= 0.3 is 0 Å². The van der Waals surface area contributed by atoms with E-state index in [-0.39, 0.29) is 5.92 Å². The van der Waals surface area contributed by atoms with Crippen LogP contribution in [0.15, 0.2) is 24.3 Å². The van der Waals surface area contributed by atoms with Gasteiger partial charge in [-0.05, 0) is 37.0 Å². The lowest BCUT2D eigenvalue weighted by molar-refractivity contribution is -0.0303. The number of nitriles is 1. The second-order valence-electron chi connectivity index (χ2n) is 5.40. The van der Waals surface area contributed by atoms with Crippen LogP contribution in [0.2, 0.25) is 0 Å². The third kappa shape index (κ3) is 3.27. The maximum absolute atomic E-state index is 10.6. The lowest BCUT2D eigenvalue weighted by atomic mass is 9.74. The topological polar surface area (TPSA) is 53.2 Å². The first-order chi connectivity index (χ1) is 9.18. The highest BCUT2D eigenvalue weighted by Gasteiger charge is 2.37. The highest BCUT2D eigenvalue weighted by atomic mass is 16.5. The Morgan fingerprint density at radius 1 is 1.26 bits per heavy atom. The number of rotatable bonds is 4. The van der Waals surface area contributed by atoms with E-state index in [9.17, 15) is 10.4 Å². The van der Waals surface area contributed by atoms with Crippen molar-refractivity contribution in [3.05, 3.63) is 29.8 Å². The number of hydrogen-bond acceptors (Lipinski definition) is 3. The number of benzene rings is 1. The van der Waals surface area contributed by atoms with Crippen LogP contribution in [0.3, 0.4) is 0 Å². The predicted octanol–water partition coefficient (Wildman–Crippen LogP) is 3.07. The molecule has 0 saturated heterocycles. The first kappa shape index (κ1) is 13.9. The highest BCUT2D eigenvalue weighted by molar-refractivity contribution is 5.28. The van der Waals surface area contributed by atoms with Gasteiger partial charge < -0.3 is 9.84 Å². The van der Waals surface area contributed by atoms with Gasteiger partial charge in [0.15, 0.2) is 0 Å². The zero-order valence-electron chi connectivity index (χ0n) is 11.4. The van der Waals surface area contributed by atoms with Crippen molar-refractivity contribution < 1.29 is 9.84 Å². The van der Waals surface area contributed by atoms with Gasteiger partial charge in [-0.15, -0.1) is 0 Å². The van der Waals surface area contributed by atoms with Gasteiger partial charge in [-0.1, -0.05) is 31.4 Å². The molecule has 2 rings (SSSR count). The van der Waals surface area contributed by atoms with Crippen LogP contribution in [0.1, 0.15) is 37.7 Å². The Balaban J connectivity index is 2.07. The van der Waals surface area contributed by atoms with Crippen molar-refractivity contribution in [1.29, 1.82) is 5.26 Å². The van der Waals surface area contributed by atoms with Crippen LogP contribution in [0.25, 0.3) is 0 Å². The smallest absolute Gasteiger partial charge is 0.118 e. The van der Waals surface area contributed by atoms with Gasteiger partial charge in [0.05, 0.1) is 24.7 Å². The summed E-state index contributed by atoms with van der Waals surface area (Å²) in [7, 11) is 1.64. The Hall–Kier alpha value is -1.53. The Labute approximate surface area is 114 Å². The van der Waals surface area contributed by atoms with Crippen molar-refractivity contribution in [1.82, 2.24) is 0 Å². The van der Waals surface area contributed by atoms with Gasteiger partial charge in [-0.25, -0.2) is 0 Å². The van der Waals surface area contributed by atoms with E-state index in [1.54, 1.807) is 7.11 Å². The van der Waals surface area contributed by atoms with E-state index in [1.807, 2.05) is 24.3 Å². The minimum atomic E-state index is -0.799. The molecule has 0 spiro atoms. The van der Waals surface area contributed by atoms with Gasteiger partial charge in [-0.2, -0.15) is 5.26 Å². The number of hydrogen-bond donors (Lipinski definition) is 1. The average molecular weight is 259 g/mol. The normalized spacial score (nSPS) is 19.4. The average Bonchev–Trinajstić information content (AvgIpc) is 2.46. The van der Waals surface area contributed by atoms with Crippen LogP contribution in [0, 0.1) is 17.2 Å². The lowest BCUT2D eigenvalue weighted by Gasteiger charge is -2.35. The highest BCUT2D eigenvalue weighted by Crippen LogP contribution is 2.35. The molecule has 0 heterocycles. The maximum atomic E-state index is 10.6. The van der Waals surface area contributed by atoms with Crippen LogP contribution < -0.4 is 4.74 Å². The van der Waals surface area contributed by atoms with Gasteiger partial charge in [-0.3, -0.25) is 0 Å². The van der Waals surface area contributed by atoms with Crippen molar-refractivity contribution in [3.8, 4) is 11.8 Å². The summed E-state index contributed by atoms with van der Waals surface area (Å²) in [6.45, 7) is 0. The summed E-state index contributed by atoms with van der Waals surface area (Å²) in [5, 5.41) is 20.0. The SMILES string of the molecule is COc1ccc(CC(C#N)C2(O)CCCCC2)cc1. The number of methoxy groups -OCH3 is 1. The molecule has 0 aromatic heterocycles. The summed E-state index contributed by atoms with van der Waals surface area (Å²) < 4.78 is 5.12. The molecule has 1 aromatic rings. The summed E-state index contributed by atoms with van der Waals surface area (Å²) in [5.41, 5.74) is 0.277. The first-order valence-corrected chi connectivity index (χ1v) is 6.93. The fourth-order valence-corrected chi connectivity index (χ4v) is 2.87. The minimum Gasteiger partial charge on any atom is -0.497 e. The molecule has 1 saturated carbocycles. The van der Waals surface area contributed by atoms with E-state index in [1.165, 1.54) is 6.42 Å². The second kappa shape index (κ2) is 6.08. The van der Waals surface area contributed by atoms with Gasteiger partial charge in [0.2, 0.25) is 0 Å². The molecule has 1 unspecified atom stereocenters. The quantitative estimate of drug-likeness (QED) is 0.904. The molecule has 1 aliphatic rings. The van der Waals surface area contributed by atoms with E-state index in [4.69, 9.17) is 4.74 Å². The second-order valence-corrected chi connectivity index (χ2v) is 5.40. The molecule has 1 aromatic carbocycles. The molecule has 0 radical (unpaired) electrons. The number of nitrogens with zero attached hydrogens (tertiary/aromatic N) is 1. The fraction of sp³-hybridized carbons (Fsp3) is 0.562. The van der Waals surface area contributed by atoms with E-state index < -0.39 is 5.60 Å². The van der Waals surface area contributed by atoms with E-state index in [0.717, 1.165) is 37.0 Å². The summed E-state index contributed by atoms with van der Waals surface area (Å²) >= 11 is 0. The molecule has 102 valence electrons. The molecular formula is C16H21NO2. The third-order valence-corrected chi connectivity index (χ3v) is 4.12. The monoisotopic (exact) mass is 259 g/mol. The van der Waals surface area contributed by atoms with Gasteiger partial charge in [0.1, 0.15) is 5.75 Å². The first-order valence-electron chi connectivity index (χ1n) is 6.93. The Bertz CT molecular complexity index is 441. The predicted molar refractivity (Wildman–Crippen MR) is 73.8 cm³/mol. The summed E-state index contributed by atoms with van der Waals surface area (Å²) in [6, 6.07) is 10.0. The molecule has 1 aliphatic carbocycles. The molecule has 0 amide bonds. The van der Waals surface area contributed by atoms with E-state index in [2.05, 4.69) is 6.07 Å². The van der Waals surface area contributed by atoms with Gasteiger partial charge in [0.25, 0.3) is 0 Å². The number of aliphatic hydroxyl groups is 1. The summed E-state index contributed by atoms with van der Waals surface area (Å²) in [5.74, 6) is 0.495. The minimum absolute atomic E-state index is 0.318. The molecular weight excluding hydrogens is 238 g/mol. The largest absolute Gasteiger partial charge is 0.497 e. The molecule has 1 N–H and O–H groups in total. The van der Waals surface area contributed by atoms with Crippen LogP contribution in [-0.2, 0) is 6.42 Å². The number of ether oxygens (including phenoxy) is 1. The summed E-state index contributed by atoms with van der Waals surface area (Å²) in [4.78, 5) is 0. The van der Waals surface area contributed by atoms with Crippen LogP contribution in [-0.4, -0.2) is 17.8 Å². The third-order valence-electron chi connectivity index (χ3n) is 4.12. The zero-order valence-corrected chi connectivity index (χ0v) is 11.4. The molecule has 1 fully saturated rings. The molecule has 3 nitrogen and oxygen atoms in total. The van der Waals surface area contributed by atoms with Crippen LogP contribution in [0.5, 0.6) is 5.75 Å². The molecule has 0 aliphatic heterocycles. The molecule has 3 heteroatoms. The zero-order chi connectivity index (χ0) is 13.7. The van der Waals surface area contributed by atoms with Crippen molar-refractivity contribution in [2.75, 3.05) is 7.11 Å². The molecule has 19 heavy (non-hydrogen) atoms. The lowest BCUT2D eigenvalue weighted by Crippen LogP contribution is -2.40. The molecule has 0 bridgehead atoms. The van der Waals surface area contributed by atoms with Gasteiger partial charge in [0, 0.05) is 0 Å². The fourth-order valence-electron chi connectivity index (χ4n) is 2.87. The standard InChI is InChI=1S/C16H21NO2/c1-19-15-7-5-13(6-8-15)11-14(12-17)16(18)9-3-2-4-10-16/h5-8,14,18H,2-4,9-11H2,1H3. The van der Waals surface area contributed by atoms with Crippen molar-refractivity contribution in [3.63, 3.8) is 0 Å². The van der Waals surface area contributed by atoms with Crippen LogP contribution >= 0.6 is 0 Å². The summed E-state index contributed by atoms with van der Waals surface area (Å²) in [6.07, 6.45) is 5.33. The van der Waals surface area contributed by atoms with Crippen molar-refractivity contribution in [2.45, 2.75) is 44.1 Å². The Morgan fingerprint density at radius 3 is 2.42 bits per heavy atom. The maximum Gasteiger partial charge on any atom is 0.118 e. The van der Waals surface area contributed by atoms with E-state index >= 15 is 0 Å². The van der Waals surface area contributed by atoms with Crippen molar-refractivity contribution in [2.24, 2.45) is 5.92 Å². The van der Waals surface area contributed by atoms with E-state index in [0.29, 0.717) is 6.42 Å².